The third kappa shape index (κ3) is 3.96. The highest BCUT2D eigenvalue weighted by molar-refractivity contribution is 7.89. The van der Waals surface area contributed by atoms with E-state index in [0.29, 0.717) is 29.2 Å². The maximum Gasteiger partial charge on any atom is 0.241 e. The number of hydrogen-bond donors (Lipinski definition) is 1. The zero-order chi connectivity index (χ0) is 18.9. The number of benzene rings is 1. The molecule has 0 saturated carbocycles. The molecule has 0 aliphatic carbocycles. The summed E-state index contributed by atoms with van der Waals surface area (Å²) in [5.74, 6) is 0.0387. The molecule has 26 heavy (non-hydrogen) atoms. The average Bonchev–Trinajstić information content (AvgIpc) is 2.85. The number of fused-ring (bicyclic) bond motifs is 1. The molecular weight excluding hydrogens is 352 g/mol. The van der Waals surface area contributed by atoms with Gasteiger partial charge < -0.3 is 4.90 Å². The first-order chi connectivity index (χ1) is 12.3. The normalized spacial score (nSPS) is 14.8. The van der Waals surface area contributed by atoms with Crippen molar-refractivity contribution >= 4 is 15.9 Å². The van der Waals surface area contributed by atoms with Gasteiger partial charge in [-0.05, 0) is 43.5 Å². The molecule has 0 saturated heterocycles. The second kappa shape index (κ2) is 7.20. The molecule has 8 heteroatoms. The Balaban J connectivity index is 1.75. The molecule has 0 spiro atoms. The predicted octanol–water partition coefficient (Wildman–Crippen LogP) is 1.73. The van der Waals surface area contributed by atoms with E-state index in [4.69, 9.17) is 0 Å². The zero-order valence-electron chi connectivity index (χ0n) is 15.3. The van der Waals surface area contributed by atoms with Crippen LogP contribution in [0.15, 0.2) is 29.2 Å². The van der Waals surface area contributed by atoms with E-state index in [2.05, 4.69) is 9.82 Å². The van der Waals surface area contributed by atoms with Gasteiger partial charge in [-0.3, -0.25) is 9.48 Å². The molecule has 1 aliphatic heterocycles. The Morgan fingerprint density at radius 1 is 1.23 bits per heavy atom. The highest BCUT2D eigenvalue weighted by Gasteiger charge is 2.20. The van der Waals surface area contributed by atoms with Crippen molar-refractivity contribution in [1.82, 2.24) is 19.4 Å². The second-order valence-electron chi connectivity index (χ2n) is 6.74. The van der Waals surface area contributed by atoms with Gasteiger partial charge >= 0.3 is 0 Å². The molecule has 0 fully saturated rings. The van der Waals surface area contributed by atoms with Crippen LogP contribution in [0.4, 0.5) is 0 Å². The molecule has 140 valence electrons. The Labute approximate surface area is 154 Å². The van der Waals surface area contributed by atoms with Crippen LogP contribution in [0.1, 0.15) is 35.9 Å². The first-order valence-corrected chi connectivity index (χ1v) is 10.1. The van der Waals surface area contributed by atoms with Crippen molar-refractivity contribution in [2.75, 3.05) is 6.54 Å². The fourth-order valence-corrected chi connectivity index (χ4v) is 4.45. The van der Waals surface area contributed by atoms with Crippen LogP contribution in [0.2, 0.25) is 0 Å². The summed E-state index contributed by atoms with van der Waals surface area (Å²) in [6.45, 7) is 7.28. The molecule has 1 aromatic heterocycles. The molecule has 7 nitrogen and oxygen atoms in total. The molecule has 3 rings (SSSR count). The van der Waals surface area contributed by atoms with E-state index >= 15 is 0 Å². The summed E-state index contributed by atoms with van der Waals surface area (Å²) in [5, 5.41) is 4.49. The number of sulfonamides is 1. The van der Waals surface area contributed by atoms with Crippen molar-refractivity contribution in [3.05, 3.63) is 46.8 Å². The van der Waals surface area contributed by atoms with Gasteiger partial charge in [0.05, 0.1) is 29.4 Å². The minimum absolute atomic E-state index is 0.0387. The predicted molar refractivity (Wildman–Crippen MR) is 97.9 cm³/mol. The van der Waals surface area contributed by atoms with Crippen molar-refractivity contribution in [3.63, 3.8) is 0 Å². The lowest BCUT2D eigenvalue weighted by molar-refractivity contribution is -0.129. The number of aryl methyl sites for hydroxylation is 3. The van der Waals surface area contributed by atoms with E-state index in [9.17, 15) is 13.2 Å². The lowest BCUT2D eigenvalue weighted by Crippen LogP contribution is -2.28. The molecule has 1 aromatic carbocycles. The van der Waals surface area contributed by atoms with Crippen molar-refractivity contribution in [2.45, 2.75) is 51.7 Å². The van der Waals surface area contributed by atoms with E-state index in [-0.39, 0.29) is 12.5 Å². The van der Waals surface area contributed by atoms with E-state index in [0.717, 1.165) is 24.2 Å². The topological polar surface area (TPSA) is 84.3 Å². The number of amides is 1. The van der Waals surface area contributed by atoms with Crippen LogP contribution < -0.4 is 4.72 Å². The van der Waals surface area contributed by atoms with Gasteiger partial charge in [-0.25, -0.2) is 13.1 Å². The Morgan fingerprint density at radius 3 is 2.73 bits per heavy atom. The van der Waals surface area contributed by atoms with Gasteiger partial charge in [-0.1, -0.05) is 12.1 Å². The van der Waals surface area contributed by atoms with Crippen molar-refractivity contribution in [1.29, 1.82) is 0 Å². The molecule has 2 aromatic rings. The van der Waals surface area contributed by atoms with Gasteiger partial charge in [-0.15, -0.1) is 0 Å². The maximum atomic E-state index is 12.6. The van der Waals surface area contributed by atoms with E-state index in [1.165, 1.54) is 0 Å². The summed E-state index contributed by atoms with van der Waals surface area (Å²) in [5.41, 5.74) is 3.19. The fourth-order valence-electron chi connectivity index (χ4n) is 3.12. The number of nitrogens with one attached hydrogen (secondary N) is 1. The minimum Gasteiger partial charge on any atom is -0.337 e. The largest absolute Gasteiger partial charge is 0.337 e. The lowest BCUT2D eigenvalue weighted by Gasteiger charge is -2.17. The fraction of sp³-hybridized carbons (Fsp3) is 0.444. The first-order valence-electron chi connectivity index (χ1n) is 8.64. The Kier molecular flexibility index (Phi) is 5.15. The SMILES string of the molecule is CC(=O)N1CCCn2nc(CNS(=O)(=O)c3cc(C)ccc3C)cc2C1. The van der Waals surface area contributed by atoms with Gasteiger partial charge in [0, 0.05) is 20.0 Å². The van der Waals surface area contributed by atoms with Crippen molar-refractivity contribution in [3.8, 4) is 0 Å². The summed E-state index contributed by atoms with van der Waals surface area (Å²) in [7, 11) is -3.61. The molecule has 0 bridgehead atoms. The molecule has 0 unspecified atom stereocenters. The standard InChI is InChI=1S/C18H24N4O3S/c1-13-5-6-14(2)18(9-13)26(24,25)19-11-16-10-17-12-21(15(3)23)7-4-8-22(17)20-16/h5-6,9-10,19H,4,7-8,11-12H2,1-3H3. The van der Waals surface area contributed by atoms with Crippen LogP contribution in [-0.4, -0.2) is 35.6 Å². The Morgan fingerprint density at radius 2 is 2.00 bits per heavy atom. The molecular formula is C18H24N4O3S. The van der Waals surface area contributed by atoms with Crippen LogP contribution in [0.25, 0.3) is 0 Å². The number of rotatable bonds is 4. The van der Waals surface area contributed by atoms with Gasteiger partial charge in [-0.2, -0.15) is 5.10 Å². The number of aromatic nitrogens is 2. The number of nitrogens with zero attached hydrogens (tertiary/aromatic N) is 3. The van der Waals surface area contributed by atoms with Crippen molar-refractivity contribution < 1.29 is 13.2 Å². The van der Waals surface area contributed by atoms with Gasteiger partial charge in [0.2, 0.25) is 15.9 Å². The molecule has 0 atom stereocenters. The summed E-state index contributed by atoms with van der Waals surface area (Å²) in [4.78, 5) is 13.7. The molecule has 2 heterocycles. The van der Waals surface area contributed by atoms with Crippen LogP contribution >= 0.6 is 0 Å². The molecule has 1 aliphatic rings. The summed E-state index contributed by atoms with van der Waals surface area (Å²) < 4.78 is 29.7. The van der Waals surface area contributed by atoms with Crippen molar-refractivity contribution in [2.24, 2.45) is 0 Å². The Hall–Kier alpha value is -2.19. The Bertz CT molecular complexity index is 934. The molecule has 0 radical (unpaired) electrons. The highest BCUT2D eigenvalue weighted by atomic mass is 32.2. The smallest absolute Gasteiger partial charge is 0.241 e. The molecule has 1 amide bonds. The van der Waals surface area contributed by atoms with Gasteiger partial charge in [0.1, 0.15) is 0 Å². The van der Waals surface area contributed by atoms with E-state index < -0.39 is 10.0 Å². The highest BCUT2D eigenvalue weighted by Crippen LogP contribution is 2.18. The average molecular weight is 376 g/mol. The van der Waals surface area contributed by atoms with Crippen LogP contribution in [-0.2, 0) is 34.5 Å². The number of hydrogen-bond acceptors (Lipinski definition) is 4. The lowest BCUT2D eigenvalue weighted by atomic mass is 10.2. The minimum atomic E-state index is -3.61. The summed E-state index contributed by atoms with van der Waals surface area (Å²) in [6.07, 6.45) is 0.835. The van der Waals surface area contributed by atoms with Gasteiger partial charge in [0.25, 0.3) is 0 Å². The summed E-state index contributed by atoms with van der Waals surface area (Å²) >= 11 is 0. The molecule has 1 N–H and O–H groups in total. The van der Waals surface area contributed by atoms with Crippen LogP contribution in [0.5, 0.6) is 0 Å². The summed E-state index contributed by atoms with van der Waals surface area (Å²) in [6, 6.07) is 7.23. The third-order valence-electron chi connectivity index (χ3n) is 4.59. The zero-order valence-corrected chi connectivity index (χ0v) is 16.1. The number of carbonyl (C=O) groups excluding carboxylic acids is 1. The quantitative estimate of drug-likeness (QED) is 0.881. The van der Waals surface area contributed by atoms with Gasteiger partial charge in [0.15, 0.2) is 0 Å². The van der Waals surface area contributed by atoms with E-state index in [1.807, 2.05) is 23.7 Å². The van der Waals surface area contributed by atoms with Crippen LogP contribution in [0.3, 0.4) is 0 Å². The third-order valence-corrected chi connectivity index (χ3v) is 6.13. The first kappa shape index (κ1) is 18.6. The second-order valence-corrected chi connectivity index (χ2v) is 8.47. The maximum absolute atomic E-state index is 12.6. The number of carbonyl (C=O) groups is 1. The van der Waals surface area contributed by atoms with E-state index in [1.54, 1.807) is 30.9 Å². The van der Waals surface area contributed by atoms with Crippen LogP contribution in [0, 0.1) is 13.8 Å². The monoisotopic (exact) mass is 376 g/mol.